The van der Waals surface area contributed by atoms with Gasteiger partial charge in [-0.1, -0.05) is 18.2 Å². The number of benzene rings is 1. The van der Waals surface area contributed by atoms with Gasteiger partial charge >= 0.3 is 6.18 Å². The molecule has 0 unspecified atom stereocenters. The van der Waals surface area contributed by atoms with Gasteiger partial charge in [-0.3, -0.25) is 9.48 Å². The highest BCUT2D eigenvalue weighted by Gasteiger charge is 2.48. The van der Waals surface area contributed by atoms with E-state index in [-0.39, 0.29) is 23.5 Å². The lowest BCUT2D eigenvalue weighted by molar-refractivity contribution is -0.156. The molecule has 1 amide bonds. The lowest BCUT2D eigenvalue weighted by Gasteiger charge is -2.40. The number of nitrogens with zero attached hydrogens (tertiary/aromatic N) is 5. The van der Waals surface area contributed by atoms with E-state index < -0.39 is 30.0 Å². The van der Waals surface area contributed by atoms with Gasteiger partial charge in [0.05, 0.1) is 29.5 Å². The maximum absolute atomic E-state index is 13.9. The van der Waals surface area contributed by atoms with Crippen LogP contribution < -0.4 is 5.32 Å². The SMILES string of the molecule is N#CCC1(n2nc(-c3ncnc4c3[C@H](C(F)(F)F)CC(=O)N4)c3ccccc32)CCC1. The van der Waals surface area contributed by atoms with E-state index in [1.165, 1.54) is 0 Å². The van der Waals surface area contributed by atoms with E-state index in [1.807, 2.05) is 12.1 Å². The first-order valence-corrected chi connectivity index (χ1v) is 9.91. The first-order valence-electron chi connectivity index (χ1n) is 9.91. The van der Waals surface area contributed by atoms with Crippen molar-refractivity contribution >= 4 is 22.6 Å². The predicted octanol–water partition coefficient (Wildman–Crippen LogP) is 4.27. The highest BCUT2D eigenvalue weighted by molar-refractivity contribution is 5.98. The zero-order valence-corrected chi connectivity index (χ0v) is 16.3. The Kier molecular flexibility index (Phi) is 4.25. The molecular weight excluding hydrogens is 409 g/mol. The van der Waals surface area contributed by atoms with Crippen molar-refractivity contribution in [2.45, 2.75) is 49.7 Å². The van der Waals surface area contributed by atoms with E-state index >= 15 is 0 Å². The standard InChI is InChI=1S/C21H17F3N6O/c22-21(23,24)13-10-15(31)28-19-16(13)18(26-11-27-19)17-12-4-1-2-5-14(12)30(29-17)20(8-9-25)6-3-7-20/h1-2,4-5,11,13H,3,6-8,10H2,(H,26,27,28,31)/t13-/m1/s1. The number of alkyl halides is 3. The number of rotatable bonds is 3. The number of hydrogen-bond donors (Lipinski definition) is 1. The van der Waals surface area contributed by atoms with Gasteiger partial charge in [-0.15, -0.1) is 0 Å². The Bertz CT molecular complexity index is 1240. The van der Waals surface area contributed by atoms with Crippen molar-refractivity contribution in [2.24, 2.45) is 0 Å². The van der Waals surface area contributed by atoms with Crippen LogP contribution >= 0.6 is 0 Å². The van der Waals surface area contributed by atoms with E-state index in [9.17, 15) is 23.2 Å². The number of nitrogens with one attached hydrogen (secondary N) is 1. The minimum absolute atomic E-state index is 0.0497. The molecule has 3 aromatic rings. The smallest absolute Gasteiger partial charge is 0.310 e. The molecule has 0 radical (unpaired) electrons. The number of aromatic nitrogens is 4. The number of carbonyl (C=O) groups excluding carboxylic acids is 1. The summed E-state index contributed by atoms with van der Waals surface area (Å²) in [6, 6.07) is 9.47. The van der Waals surface area contributed by atoms with Crippen molar-refractivity contribution in [1.82, 2.24) is 19.7 Å². The van der Waals surface area contributed by atoms with Gasteiger partial charge in [0.1, 0.15) is 23.5 Å². The molecule has 1 aromatic carbocycles. The highest BCUT2D eigenvalue weighted by atomic mass is 19.4. The number of hydrogen-bond acceptors (Lipinski definition) is 5. The van der Waals surface area contributed by atoms with Crippen LogP contribution in [0.4, 0.5) is 19.0 Å². The third-order valence-corrected chi connectivity index (χ3v) is 6.23. The van der Waals surface area contributed by atoms with Crippen LogP contribution in [0, 0.1) is 11.3 Å². The Balaban J connectivity index is 1.77. The molecule has 1 fully saturated rings. The van der Waals surface area contributed by atoms with Crippen LogP contribution in [-0.2, 0) is 10.3 Å². The van der Waals surface area contributed by atoms with Crippen LogP contribution in [0.1, 0.15) is 43.6 Å². The summed E-state index contributed by atoms with van der Waals surface area (Å²) in [5.74, 6) is -2.90. The van der Waals surface area contributed by atoms with Crippen molar-refractivity contribution in [3.05, 3.63) is 36.2 Å². The number of nitriles is 1. The fourth-order valence-corrected chi connectivity index (χ4v) is 4.56. The molecule has 1 aliphatic carbocycles. The van der Waals surface area contributed by atoms with Gasteiger partial charge in [-0.25, -0.2) is 9.97 Å². The fourth-order valence-electron chi connectivity index (χ4n) is 4.56. The van der Waals surface area contributed by atoms with Crippen LogP contribution in [0.5, 0.6) is 0 Å². The number of halogens is 3. The van der Waals surface area contributed by atoms with Crippen molar-refractivity contribution < 1.29 is 18.0 Å². The number of amides is 1. The lowest BCUT2D eigenvalue weighted by atomic mass is 9.74. The molecule has 7 nitrogen and oxygen atoms in total. The monoisotopic (exact) mass is 426 g/mol. The highest BCUT2D eigenvalue weighted by Crippen LogP contribution is 2.48. The van der Waals surface area contributed by atoms with Gasteiger partial charge in [0.2, 0.25) is 5.91 Å². The first-order chi connectivity index (χ1) is 14.8. The third kappa shape index (κ3) is 2.95. The predicted molar refractivity (Wildman–Crippen MR) is 105 cm³/mol. The number of para-hydroxylation sites is 1. The minimum Gasteiger partial charge on any atom is -0.310 e. The summed E-state index contributed by atoms with van der Waals surface area (Å²) in [6.07, 6.45) is -1.47. The molecule has 1 aliphatic heterocycles. The molecule has 0 bridgehead atoms. The second-order valence-corrected chi connectivity index (χ2v) is 8.02. The van der Waals surface area contributed by atoms with Gasteiger partial charge in [0, 0.05) is 17.4 Å². The minimum atomic E-state index is -4.64. The molecule has 10 heteroatoms. The lowest BCUT2D eigenvalue weighted by Crippen LogP contribution is -2.41. The number of carbonyl (C=O) groups is 1. The zero-order valence-electron chi connectivity index (χ0n) is 16.3. The van der Waals surface area contributed by atoms with Crippen LogP contribution in [0.25, 0.3) is 22.3 Å². The van der Waals surface area contributed by atoms with Crippen LogP contribution in [0.3, 0.4) is 0 Å². The van der Waals surface area contributed by atoms with Gasteiger partial charge in [-0.2, -0.15) is 23.5 Å². The maximum atomic E-state index is 13.9. The van der Waals surface area contributed by atoms with E-state index in [4.69, 9.17) is 5.10 Å². The molecule has 0 saturated heterocycles. The molecular formula is C21H17F3N6O. The quantitative estimate of drug-likeness (QED) is 0.675. The average molecular weight is 426 g/mol. The van der Waals surface area contributed by atoms with Crippen molar-refractivity contribution in [2.75, 3.05) is 5.32 Å². The Labute approximate surface area is 174 Å². The fraction of sp³-hybridized carbons (Fsp3) is 0.381. The Morgan fingerprint density at radius 2 is 2.00 bits per heavy atom. The Morgan fingerprint density at radius 1 is 1.23 bits per heavy atom. The summed E-state index contributed by atoms with van der Waals surface area (Å²) in [7, 11) is 0. The molecule has 1 N–H and O–H groups in total. The molecule has 31 heavy (non-hydrogen) atoms. The zero-order chi connectivity index (χ0) is 21.8. The molecule has 3 heterocycles. The molecule has 1 saturated carbocycles. The van der Waals surface area contributed by atoms with E-state index in [0.29, 0.717) is 11.1 Å². The van der Waals surface area contributed by atoms with Crippen molar-refractivity contribution in [3.8, 4) is 17.5 Å². The van der Waals surface area contributed by atoms with E-state index in [0.717, 1.165) is 31.1 Å². The van der Waals surface area contributed by atoms with Crippen LogP contribution in [0.15, 0.2) is 30.6 Å². The second-order valence-electron chi connectivity index (χ2n) is 8.02. The number of anilines is 1. The van der Waals surface area contributed by atoms with Gasteiger partial charge in [0.15, 0.2) is 0 Å². The average Bonchev–Trinajstić information content (AvgIpc) is 3.08. The molecule has 2 aromatic heterocycles. The summed E-state index contributed by atoms with van der Waals surface area (Å²) in [5.41, 5.74) is 0.436. The molecule has 5 rings (SSSR count). The normalized spacial score (nSPS) is 19.9. The van der Waals surface area contributed by atoms with Crippen LogP contribution in [0.2, 0.25) is 0 Å². The number of fused-ring (bicyclic) bond motifs is 2. The summed E-state index contributed by atoms with van der Waals surface area (Å²) >= 11 is 0. The maximum Gasteiger partial charge on any atom is 0.396 e. The largest absolute Gasteiger partial charge is 0.396 e. The summed E-state index contributed by atoms with van der Waals surface area (Å²) < 4.78 is 43.4. The topological polar surface area (TPSA) is 96.5 Å². The summed E-state index contributed by atoms with van der Waals surface area (Å²) in [5, 5.41) is 17.1. The Morgan fingerprint density at radius 3 is 2.68 bits per heavy atom. The molecule has 0 spiro atoms. The van der Waals surface area contributed by atoms with Gasteiger partial charge < -0.3 is 5.32 Å². The van der Waals surface area contributed by atoms with E-state index in [1.54, 1.807) is 16.8 Å². The molecule has 2 aliphatic rings. The van der Waals surface area contributed by atoms with Crippen molar-refractivity contribution in [3.63, 3.8) is 0 Å². The third-order valence-electron chi connectivity index (χ3n) is 6.23. The summed E-state index contributed by atoms with van der Waals surface area (Å²) in [4.78, 5) is 19.9. The van der Waals surface area contributed by atoms with Gasteiger partial charge in [-0.05, 0) is 25.3 Å². The van der Waals surface area contributed by atoms with Gasteiger partial charge in [0.25, 0.3) is 0 Å². The summed E-state index contributed by atoms with van der Waals surface area (Å²) in [6.45, 7) is 0. The van der Waals surface area contributed by atoms with Crippen LogP contribution in [-0.4, -0.2) is 31.8 Å². The van der Waals surface area contributed by atoms with Crippen molar-refractivity contribution in [1.29, 1.82) is 5.26 Å². The van der Waals surface area contributed by atoms with E-state index in [2.05, 4.69) is 21.4 Å². The Hall–Kier alpha value is -3.48. The molecule has 158 valence electrons. The molecule has 1 atom stereocenters. The second kappa shape index (κ2) is 6.77. The first kappa shape index (κ1) is 19.5.